The number of nitrogens with one attached hydrogen (secondary N) is 1. The van der Waals surface area contributed by atoms with Crippen LogP contribution in [0.2, 0.25) is 0 Å². The lowest BCUT2D eigenvalue weighted by Gasteiger charge is -2.34. The second-order valence-electron chi connectivity index (χ2n) is 6.61. The van der Waals surface area contributed by atoms with Gasteiger partial charge in [0, 0.05) is 24.4 Å². The van der Waals surface area contributed by atoms with Crippen LogP contribution in [0.4, 0.5) is 0 Å². The van der Waals surface area contributed by atoms with Crippen LogP contribution in [0, 0.1) is 11.8 Å². The predicted octanol–water partition coefficient (Wildman–Crippen LogP) is 3.99. The van der Waals surface area contributed by atoms with Crippen molar-refractivity contribution in [1.29, 1.82) is 0 Å². The van der Waals surface area contributed by atoms with Gasteiger partial charge in [0.25, 0.3) is 0 Å². The number of hydrogen-bond acceptors (Lipinski definition) is 3. The summed E-state index contributed by atoms with van der Waals surface area (Å²) in [7, 11) is 0. The summed E-state index contributed by atoms with van der Waals surface area (Å²) in [6.45, 7) is 7.61. The topological polar surface area (TPSA) is 49.4 Å². The summed E-state index contributed by atoms with van der Waals surface area (Å²) < 4.78 is 0. The molecule has 2 unspecified atom stereocenters. The minimum absolute atomic E-state index is 0.0777. The first-order valence-corrected chi connectivity index (χ1v) is 10.1. The Morgan fingerprint density at radius 1 is 1.33 bits per heavy atom. The van der Waals surface area contributed by atoms with Crippen LogP contribution < -0.4 is 5.32 Å². The number of thiophene rings is 1. The zero-order valence-corrected chi connectivity index (χ0v) is 15.9. The first kappa shape index (κ1) is 19.0. The number of rotatable bonds is 7. The third kappa shape index (κ3) is 4.59. The fourth-order valence-corrected chi connectivity index (χ4v) is 4.43. The van der Waals surface area contributed by atoms with Crippen LogP contribution in [0.1, 0.15) is 63.8 Å². The SMILES string of the molecule is CCC(=O)N1CCCC(C(=O)NC(c2cccs2)C(CC)CC)C1. The largest absolute Gasteiger partial charge is 0.348 e. The van der Waals surface area contributed by atoms with Crippen LogP contribution >= 0.6 is 11.3 Å². The van der Waals surface area contributed by atoms with Crippen molar-refractivity contribution in [3.63, 3.8) is 0 Å². The predicted molar refractivity (Wildman–Crippen MR) is 98.9 cm³/mol. The number of nitrogens with zero attached hydrogens (tertiary/aromatic N) is 1. The highest BCUT2D eigenvalue weighted by Gasteiger charge is 2.31. The molecule has 1 aliphatic rings. The van der Waals surface area contributed by atoms with Gasteiger partial charge in [0.2, 0.25) is 11.8 Å². The average Bonchev–Trinajstić information content (AvgIpc) is 3.15. The van der Waals surface area contributed by atoms with Gasteiger partial charge in [-0.25, -0.2) is 0 Å². The normalized spacial score (nSPS) is 19.3. The fourth-order valence-electron chi connectivity index (χ4n) is 3.56. The van der Waals surface area contributed by atoms with Crippen LogP contribution in [0.25, 0.3) is 0 Å². The minimum Gasteiger partial charge on any atom is -0.348 e. The molecule has 2 amide bonds. The summed E-state index contributed by atoms with van der Waals surface area (Å²) in [5, 5.41) is 5.37. The highest BCUT2D eigenvalue weighted by Crippen LogP contribution is 2.31. The summed E-state index contributed by atoms with van der Waals surface area (Å²) in [6.07, 6.45) is 4.40. The van der Waals surface area contributed by atoms with Gasteiger partial charge in [-0.2, -0.15) is 0 Å². The van der Waals surface area contributed by atoms with Crippen LogP contribution in [-0.2, 0) is 9.59 Å². The number of carbonyl (C=O) groups is 2. The van der Waals surface area contributed by atoms with Crippen molar-refractivity contribution in [2.45, 2.75) is 58.9 Å². The smallest absolute Gasteiger partial charge is 0.225 e. The maximum Gasteiger partial charge on any atom is 0.225 e. The molecule has 2 rings (SSSR count). The van der Waals surface area contributed by atoms with E-state index in [4.69, 9.17) is 0 Å². The highest BCUT2D eigenvalue weighted by molar-refractivity contribution is 7.10. The van der Waals surface area contributed by atoms with E-state index in [0.29, 0.717) is 18.9 Å². The molecular formula is C19H30N2O2S. The van der Waals surface area contributed by atoms with E-state index in [-0.39, 0.29) is 23.8 Å². The van der Waals surface area contributed by atoms with E-state index in [1.165, 1.54) is 4.88 Å². The van der Waals surface area contributed by atoms with Gasteiger partial charge in [-0.3, -0.25) is 9.59 Å². The third-order valence-electron chi connectivity index (χ3n) is 5.11. The third-order valence-corrected chi connectivity index (χ3v) is 6.07. The van der Waals surface area contributed by atoms with E-state index in [1.54, 1.807) is 11.3 Å². The Kier molecular flexibility index (Phi) is 7.28. The van der Waals surface area contributed by atoms with Gasteiger partial charge < -0.3 is 10.2 Å². The Bertz CT molecular complexity index is 525. The number of likely N-dealkylation sites (tertiary alicyclic amines) is 1. The maximum atomic E-state index is 12.9. The number of piperidine rings is 1. The molecule has 4 nitrogen and oxygen atoms in total. The molecule has 0 aromatic carbocycles. The molecule has 1 aromatic rings. The molecule has 24 heavy (non-hydrogen) atoms. The summed E-state index contributed by atoms with van der Waals surface area (Å²) in [6, 6.07) is 4.25. The van der Waals surface area contributed by atoms with Gasteiger partial charge in [0.05, 0.1) is 12.0 Å². The molecule has 1 saturated heterocycles. The lowest BCUT2D eigenvalue weighted by Crippen LogP contribution is -2.46. The molecule has 0 saturated carbocycles. The molecule has 0 bridgehead atoms. The molecule has 5 heteroatoms. The molecule has 0 aliphatic carbocycles. The number of hydrogen-bond donors (Lipinski definition) is 1. The zero-order valence-electron chi connectivity index (χ0n) is 15.1. The molecule has 1 aliphatic heterocycles. The lowest BCUT2D eigenvalue weighted by atomic mass is 9.91. The Balaban J connectivity index is 2.05. The minimum atomic E-state index is -0.0777. The first-order valence-electron chi connectivity index (χ1n) is 9.22. The standard InChI is InChI=1S/C19H30N2O2S/c1-4-14(5-2)18(16-10-8-12-24-16)20-19(23)15-9-7-11-21(13-15)17(22)6-3/h8,10,12,14-15,18H,4-7,9,11,13H2,1-3H3,(H,20,23). The second kappa shape index (κ2) is 9.21. The van der Waals surface area contributed by atoms with Gasteiger partial charge in [-0.05, 0) is 30.2 Å². The highest BCUT2D eigenvalue weighted by atomic mass is 32.1. The van der Waals surface area contributed by atoms with E-state index >= 15 is 0 Å². The molecule has 0 spiro atoms. The molecular weight excluding hydrogens is 320 g/mol. The van der Waals surface area contributed by atoms with E-state index in [1.807, 2.05) is 17.9 Å². The van der Waals surface area contributed by atoms with Crippen molar-refractivity contribution >= 4 is 23.2 Å². The second-order valence-corrected chi connectivity index (χ2v) is 7.59. The van der Waals surface area contributed by atoms with E-state index in [2.05, 4.69) is 30.6 Å². The zero-order chi connectivity index (χ0) is 17.5. The van der Waals surface area contributed by atoms with Gasteiger partial charge >= 0.3 is 0 Å². The quantitative estimate of drug-likeness (QED) is 0.808. The van der Waals surface area contributed by atoms with Crippen molar-refractivity contribution in [3.8, 4) is 0 Å². The molecule has 2 heterocycles. The Hall–Kier alpha value is -1.36. The molecule has 134 valence electrons. The summed E-state index contributed by atoms with van der Waals surface area (Å²) in [5.74, 6) is 0.631. The van der Waals surface area contributed by atoms with Gasteiger partial charge in [0.1, 0.15) is 0 Å². The van der Waals surface area contributed by atoms with Gasteiger partial charge in [-0.15, -0.1) is 11.3 Å². The van der Waals surface area contributed by atoms with Crippen molar-refractivity contribution in [3.05, 3.63) is 22.4 Å². The van der Waals surface area contributed by atoms with Crippen molar-refractivity contribution in [2.24, 2.45) is 11.8 Å². The fraction of sp³-hybridized carbons (Fsp3) is 0.684. The molecule has 1 aromatic heterocycles. The Morgan fingerprint density at radius 3 is 2.67 bits per heavy atom. The van der Waals surface area contributed by atoms with Crippen molar-refractivity contribution in [2.75, 3.05) is 13.1 Å². The van der Waals surface area contributed by atoms with Crippen LogP contribution in [-0.4, -0.2) is 29.8 Å². The van der Waals surface area contributed by atoms with Crippen LogP contribution in [0.5, 0.6) is 0 Å². The summed E-state index contributed by atoms with van der Waals surface area (Å²) >= 11 is 1.71. The maximum absolute atomic E-state index is 12.9. The summed E-state index contributed by atoms with van der Waals surface area (Å²) in [4.78, 5) is 27.9. The Morgan fingerprint density at radius 2 is 2.08 bits per heavy atom. The summed E-state index contributed by atoms with van der Waals surface area (Å²) in [5.41, 5.74) is 0. The molecule has 1 N–H and O–H groups in total. The monoisotopic (exact) mass is 350 g/mol. The first-order chi connectivity index (χ1) is 11.6. The van der Waals surface area contributed by atoms with E-state index in [9.17, 15) is 9.59 Å². The molecule has 1 fully saturated rings. The lowest BCUT2D eigenvalue weighted by molar-refractivity contribution is -0.135. The van der Waals surface area contributed by atoms with Gasteiger partial charge in [-0.1, -0.05) is 39.7 Å². The van der Waals surface area contributed by atoms with E-state index < -0.39 is 0 Å². The molecule has 0 radical (unpaired) electrons. The van der Waals surface area contributed by atoms with Crippen LogP contribution in [0.3, 0.4) is 0 Å². The number of carbonyl (C=O) groups excluding carboxylic acids is 2. The average molecular weight is 351 g/mol. The van der Waals surface area contributed by atoms with Crippen molar-refractivity contribution < 1.29 is 9.59 Å². The Labute approximate surface area is 149 Å². The van der Waals surface area contributed by atoms with Crippen LogP contribution in [0.15, 0.2) is 17.5 Å². The molecule has 2 atom stereocenters. The van der Waals surface area contributed by atoms with E-state index in [0.717, 1.165) is 32.2 Å². The number of amides is 2. The van der Waals surface area contributed by atoms with Gasteiger partial charge in [0.15, 0.2) is 0 Å². The van der Waals surface area contributed by atoms with Crippen molar-refractivity contribution in [1.82, 2.24) is 10.2 Å².